The highest BCUT2D eigenvalue weighted by Crippen LogP contribution is 2.22. The van der Waals surface area contributed by atoms with Crippen molar-refractivity contribution >= 4 is 25.8 Å². The maximum Gasteiger partial charge on any atom is 0.253 e. The third kappa shape index (κ3) is 5.08. The van der Waals surface area contributed by atoms with Crippen molar-refractivity contribution in [3.05, 3.63) is 29.8 Å². The van der Waals surface area contributed by atoms with E-state index in [9.17, 15) is 21.6 Å². The van der Waals surface area contributed by atoms with Crippen LogP contribution in [0.3, 0.4) is 0 Å². The van der Waals surface area contributed by atoms with Crippen LogP contribution in [0.4, 0.5) is 0 Å². The second kappa shape index (κ2) is 8.28. The third-order valence-corrected chi connectivity index (χ3v) is 9.13. The van der Waals surface area contributed by atoms with Gasteiger partial charge in [-0.25, -0.2) is 21.1 Å². The molecule has 1 aromatic carbocycles. The first-order valence-corrected chi connectivity index (χ1v) is 12.1. The van der Waals surface area contributed by atoms with E-state index < -0.39 is 25.1 Å². The molecule has 0 aliphatic carbocycles. The van der Waals surface area contributed by atoms with E-state index in [0.717, 1.165) is 4.31 Å². The standard InChI is InChI=1S/C18H28N2O5S2/c1-14(2)13-26(22,23)16-9-11-20(12-10-16)18(21)15-5-7-17(8-6-15)27(24,25)19(3)4/h5-8,14,16H,9-13H2,1-4H3. The molecule has 0 radical (unpaired) electrons. The zero-order valence-electron chi connectivity index (χ0n) is 16.3. The summed E-state index contributed by atoms with van der Waals surface area (Å²) in [4.78, 5) is 14.4. The summed E-state index contributed by atoms with van der Waals surface area (Å²) >= 11 is 0. The van der Waals surface area contributed by atoms with E-state index in [1.807, 2.05) is 13.8 Å². The van der Waals surface area contributed by atoms with E-state index in [0.29, 0.717) is 31.5 Å². The fourth-order valence-electron chi connectivity index (χ4n) is 3.18. The Morgan fingerprint density at radius 1 is 1.07 bits per heavy atom. The van der Waals surface area contributed by atoms with Gasteiger partial charge in [-0.15, -0.1) is 0 Å². The first-order chi connectivity index (χ1) is 12.4. The number of likely N-dealkylation sites (tertiary alicyclic amines) is 1. The van der Waals surface area contributed by atoms with Gasteiger partial charge in [0.25, 0.3) is 5.91 Å². The molecule has 1 amide bonds. The van der Waals surface area contributed by atoms with Crippen molar-refractivity contribution in [1.29, 1.82) is 0 Å². The molecular weight excluding hydrogens is 388 g/mol. The van der Waals surface area contributed by atoms with Gasteiger partial charge in [-0.1, -0.05) is 13.8 Å². The van der Waals surface area contributed by atoms with E-state index in [-0.39, 0.29) is 22.5 Å². The van der Waals surface area contributed by atoms with E-state index in [4.69, 9.17) is 0 Å². The lowest BCUT2D eigenvalue weighted by molar-refractivity contribution is 0.0725. The molecule has 1 saturated heterocycles. The van der Waals surface area contributed by atoms with E-state index in [1.165, 1.54) is 38.4 Å². The van der Waals surface area contributed by atoms with Crippen molar-refractivity contribution in [3.63, 3.8) is 0 Å². The summed E-state index contributed by atoms with van der Waals surface area (Å²) in [5, 5.41) is -0.392. The van der Waals surface area contributed by atoms with Gasteiger partial charge in [-0.2, -0.15) is 0 Å². The van der Waals surface area contributed by atoms with Gasteiger partial charge in [-0.3, -0.25) is 4.79 Å². The maximum atomic E-state index is 12.6. The molecule has 1 heterocycles. The van der Waals surface area contributed by atoms with Gasteiger partial charge in [0.1, 0.15) is 0 Å². The summed E-state index contributed by atoms with van der Waals surface area (Å²) < 4.78 is 50.0. The second-order valence-electron chi connectivity index (χ2n) is 7.53. The van der Waals surface area contributed by atoms with Crippen LogP contribution in [0.25, 0.3) is 0 Å². The molecule has 0 saturated carbocycles. The summed E-state index contributed by atoms with van der Waals surface area (Å²) in [6.07, 6.45) is 0.877. The molecule has 7 nitrogen and oxygen atoms in total. The predicted molar refractivity (Wildman–Crippen MR) is 105 cm³/mol. The number of hydrogen-bond acceptors (Lipinski definition) is 5. The fraction of sp³-hybridized carbons (Fsp3) is 0.611. The summed E-state index contributed by atoms with van der Waals surface area (Å²) in [5.74, 6) is 0.0584. The Bertz CT molecular complexity index is 867. The minimum Gasteiger partial charge on any atom is -0.339 e. The Kier molecular flexibility index (Phi) is 6.70. The van der Waals surface area contributed by atoms with E-state index >= 15 is 0 Å². The topological polar surface area (TPSA) is 91.8 Å². The zero-order chi connectivity index (χ0) is 20.4. The van der Waals surface area contributed by atoms with Crippen LogP contribution >= 0.6 is 0 Å². The largest absolute Gasteiger partial charge is 0.339 e. The molecule has 1 aliphatic heterocycles. The average Bonchev–Trinajstić information content (AvgIpc) is 2.60. The number of carbonyl (C=O) groups is 1. The van der Waals surface area contributed by atoms with Gasteiger partial charge in [0.05, 0.1) is 15.9 Å². The molecule has 1 aromatic rings. The molecular formula is C18H28N2O5S2. The van der Waals surface area contributed by atoms with Gasteiger partial charge >= 0.3 is 0 Å². The van der Waals surface area contributed by atoms with Crippen molar-refractivity contribution in [3.8, 4) is 0 Å². The maximum absolute atomic E-state index is 12.6. The third-order valence-electron chi connectivity index (χ3n) is 4.68. The zero-order valence-corrected chi connectivity index (χ0v) is 17.9. The highest BCUT2D eigenvalue weighted by atomic mass is 32.2. The number of carbonyl (C=O) groups excluding carboxylic acids is 1. The molecule has 1 aliphatic rings. The highest BCUT2D eigenvalue weighted by Gasteiger charge is 2.32. The first kappa shape index (κ1) is 21.8. The molecule has 2 rings (SSSR count). The number of amides is 1. The molecule has 152 valence electrons. The van der Waals surface area contributed by atoms with Crippen molar-refractivity contribution in [2.24, 2.45) is 5.92 Å². The Labute approximate surface area is 162 Å². The Morgan fingerprint density at radius 2 is 1.59 bits per heavy atom. The molecule has 9 heteroatoms. The molecule has 27 heavy (non-hydrogen) atoms. The predicted octanol–water partition coefficient (Wildman–Crippen LogP) is 1.61. The van der Waals surface area contributed by atoms with Crippen LogP contribution in [0.1, 0.15) is 37.0 Å². The summed E-state index contributed by atoms with van der Waals surface area (Å²) in [6.45, 7) is 4.55. The number of rotatable bonds is 6. The van der Waals surface area contributed by atoms with Crippen LogP contribution in [0, 0.1) is 5.92 Å². The Balaban J connectivity index is 2.04. The Morgan fingerprint density at radius 3 is 2.04 bits per heavy atom. The summed E-state index contributed by atoms with van der Waals surface area (Å²) in [6, 6.07) is 5.84. The van der Waals surface area contributed by atoms with Crippen LogP contribution in [0.2, 0.25) is 0 Å². The number of benzene rings is 1. The lowest BCUT2D eigenvalue weighted by atomic mass is 10.1. The van der Waals surface area contributed by atoms with Crippen molar-refractivity contribution < 1.29 is 21.6 Å². The lowest BCUT2D eigenvalue weighted by Crippen LogP contribution is -2.43. The van der Waals surface area contributed by atoms with Gasteiger partial charge in [-0.05, 0) is 43.0 Å². The average molecular weight is 417 g/mol. The molecule has 0 spiro atoms. The van der Waals surface area contributed by atoms with Crippen LogP contribution < -0.4 is 0 Å². The number of nitrogens with zero attached hydrogens (tertiary/aromatic N) is 2. The molecule has 0 aromatic heterocycles. The van der Waals surface area contributed by atoms with Crippen LogP contribution in [0.5, 0.6) is 0 Å². The fourth-order valence-corrected chi connectivity index (χ4v) is 6.21. The monoisotopic (exact) mass is 416 g/mol. The number of sulfonamides is 1. The van der Waals surface area contributed by atoms with Gasteiger partial charge in [0.2, 0.25) is 10.0 Å². The first-order valence-electron chi connectivity index (χ1n) is 8.98. The smallest absolute Gasteiger partial charge is 0.253 e. The van der Waals surface area contributed by atoms with Gasteiger partial charge in [0, 0.05) is 32.7 Å². The van der Waals surface area contributed by atoms with Crippen LogP contribution in [-0.2, 0) is 19.9 Å². The molecule has 0 N–H and O–H groups in total. The summed E-state index contributed by atoms with van der Waals surface area (Å²) in [7, 11) is -3.77. The molecule has 1 fully saturated rings. The quantitative estimate of drug-likeness (QED) is 0.703. The van der Waals surface area contributed by atoms with Crippen molar-refractivity contribution in [1.82, 2.24) is 9.21 Å². The highest BCUT2D eigenvalue weighted by molar-refractivity contribution is 7.92. The second-order valence-corrected chi connectivity index (χ2v) is 12.0. The van der Waals surface area contributed by atoms with Crippen LogP contribution in [0.15, 0.2) is 29.2 Å². The van der Waals surface area contributed by atoms with E-state index in [1.54, 1.807) is 4.90 Å². The lowest BCUT2D eigenvalue weighted by Gasteiger charge is -2.32. The minimum atomic E-state index is -3.54. The number of piperidine rings is 1. The molecule has 0 bridgehead atoms. The van der Waals surface area contributed by atoms with E-state index in [2.05, 4.69) is 0 Å². The number of hydrogen-bond donors (Lipinski definition) is 0. The Hall–Kier alpha value is -1.45. The SMILES string of the molecule is CC(C)CS(=O)(=O)C1CCN(C(=O)c2ccc(S(=O)(=O)N(C)C)cc2)CC1. The van der Waals surface area contributed by atoms with Gasteiger partial charge in [0.15, 0.2) is 9.84 Å². The molecule has 0 atom stereocenters. The molecule has 0 unspecified atom stereocenters. The normalized spacial score (nSPS) is 16.9. The summed E-state index contributed by atoms with van der Waals surface area (Å²) in [5.41, 5.74) is 0.399. The van der Waals surface area contributed by atoms with Crippen molar-refractivity contribution in [2.45, 2.75) is 36.8 Å². The van der Waals surface area contributed by atoms with Crippen LogP contribution in [-0.4, -0.2) is 70.1 Å². The van der Waals surface area contributed by atoms with Gasteiger partial charge < -0.3 is 4.90 Å². The minimum absolute atomic E-state index is 0.0895. The number of sulfone groups is 1. The van der Waals surface area contributed by atoms with Crippen molar-refractivity contribution in [2.75, 3.05) is 32.9 Å².